The highest BCUT2D eigenvalue weighted by Gasteiger charge is 2.28. The van der Waals surface area contributed by atoms with Crippen LogP contribution in [0.5, 0.6) is 0 Å². The summed E-state index contributed by atoms with van der Waals surface area (Å²) in [6.07, 6.45) is 0.599. The molecule has 1 heterocycles. The zero-order valence-electron chi connectivity index (χ0n) is 16.6. The standard InChI is InChI=1S/C21H21N5O4/c1-14(27)17-8-10-18(11-9-17)23-20(28)15(2)30-21(29)19(26-13-22-24-25-26)12-16-6-4-3-5-7-16/h3-11,13,15,19H,12H2,1-2H3,(H,23,28)/t15-,19-/m0/s1. The predicted octanol–water partition coefficient (Wildman–Crippen LogP) is 2.23. The lowest BCUT2D eigenvalue weighted by Crippen LogP contribution is -2.34. The minimum atomic E-state index is -1.04. The van der Waals surface area contributed by atoms with Gasteiger partial charge in [-0.05, 0) is 54.1 Å². The molecular formula is C21H21N5O4. The summed E-state index contributed by atoms with van der Waals surface area (Å²) < 4.78 is 6.69. The second kappa shape index (κ2) is 9.55. The maximum Gasteiger partial charge on any atom is 0.332 e. The van der Waals surface area contributed by atoms with Gasteiger partial charge in [-0.25, -0.2) is 9.48 Å². The molecular weight excluding hydrogens is 386 g/mol. The summed E-state index contributed by atoms with van der Waals surface area (Å²) in [7, 11) is 0. The van der Waals surface area contributed by atoms with Crippen LogP contribution in [0.1, 0.15) is 35.8 Å². The lowest BCUT2D eigenvalue weighted by Gasteiger charge is -2.19. The topological polar surface area (TPSA) is 116 Å². The number of aromatic nitrogens is 4. The molecule has 2 aromatic carbocycles. The Labute approximate surface area is 173 Å². The fourth-order valence-corrected chi connectivity index (χ4v) is 2.77. The third kappa shape index (κ3) is 5.34. The molecule has 0 aliphatic heterocycles. The minimum Gasteiger partial charge on any atom is -0.451 e. The molecule has 0 aliphatic carbocycles. The second-order valence-electron chi connectivity index (χ2n) is 6.70. The van der Waals surface area contributed by atoms with E-state index in [0.29, 0.717) is 17.7 Å². The number of Topliss-reactive ketones (excluding diaryl/α,β-unsaturated/α-hetero) is 1. The van der Waals surface area contributed by atoms with Crippen molar-refractivity contribution in [2.75, 3.05) is 5.32 Å². The van der Waals surface area contributed by atoms with Crippen LogP contribution >= 0.6 is 0 Å². The Bertz CT molecular complexity index is 1000. The highest BCUT2D eigenvalue weighted by Crippen LogP contribution is 2.17. The molecule has 0 saturated heterocycles. The first-order valence-corrected chi connectivity index (χ1v) is 9.33. The van der Waals surface area contributed by atoms with Gasteiger partial charge in [-0.2, -0.15) is 0 Å². The SMILES string of the molecule is CC(=O)c1ccc(NC(=O)[C@H](C)OC(=O)[C@H](Cc2ccccc2)n2cnnn2)cc1. The first-order chi connectivity index (χ1) is 14.4. The van der Waals surface area contributed by atoms with Gasteiger partial charge in [0.2, 0.25) is 0 Å². The molecule has 9 heteroatoms. The number of ketones is 1. The van der Waals surface area contributed by atoms with E-state index in [-0.39, 0.29) is 5.78 Å². The summed E-state index contributed by atoms with van der Waals surface area (Å²) in [6, 6.07) is 15.0. The normalized spacial score (nSPS) is 12.6. The van der Waals surface area contributed by atoms with E-state index < -0.39 is 24.0 Å². The zero-order valence-corrected chi connectivity index (χ0v) is 16.6. The number of carbonyl (C=O) groups excluding carboxylic acids is 3. The number of hydrogen-bond acceptors (Lipinski definition) is 7. The molecule has 2 atom stereocenters. The van der Waals surface area contributed by atoms with E-state index in [2.05, 4.69) is 20.8 Å². The molecule has 0 spiro atoms. The third-order valence-electron chi connectivity index (χ3n) is 4.45. The Balaban J connectivity index is 1.65. The van der Waals surface area contributed by atoms with Crippen LogP contribution in [0, 0.1) is 0 Å². The smallest absolute Gasteiger partial charge is 0.332 e. The van der Waals surface area contributed by atoms with Gasteiger partial charge in [0, 0.05) is 17.7 Å². The van der Waals surface area contributed by atoms with Gasteiger partial charge < -0.3 is 10.1 Å². The number of benzene rings is 2. The van der Waals surface area contributed by atoms with Gasteiger partial charge in [0.25, 0.3) is 5.91 Å². The number of carbonyl (C=O) groups is 3. The van der Waals surface area contributed by atoms with Crippen LogP contribution in [-0.2, 0) is 20.7 Å². The van der Waals surface area contributed by atoms with Gasteiger partial charge in [0.05, 0.1) is 0 Å². The average molecular weight is 407 g/mol. The highest BCUT2D eigenvalue weighted by atomic mass is 16.5. The first-order valence-electron chi connectivity index (χ1n) is 9.33. The van der Waals surface area contributed by atoms with E-state index >= 15 is 0 Å². The summed E-state index contributed by atoms with van der Waals surface area (Å²) in [5.41, 5.74) is 1.93. The van der Waals surface area contributed by atoms with E-state index in [1.807, 2.05) is 30.3 Å². The van der Waals surface area contributed by atoms with E-state index in [1.165, 1.54) is 24.9 Å². The number of amides is 1. The summed E-state index contributed by atoms with van der Waals surface area (Å²) in [5.74, 6) is -1.18. The van der Waals surface area contributed by atoms with Gasteiger partial charge in [-0.3, -0.25) is 9.59 Å². The lowest BCUT2D eigenvalue weighted by atomic mass is 10.1. The van der Waals surface area contributed by atoms with Crippen LogP contribution in [0.25, 0.3) is 0 Å². The van der Waals surface area contributed by atoms with Crippen molar-refractivity contribution in [2.45, 2.75) is 32.4 Å². The number of nitrogens with zero attached hydrogens (tertiary/aromatic N) is 4. The first kappa shape index (κ1) is 20.8. The van der Waals surface area contributed by atoms with Crippen molar-refractivity contribution in [3.05, 3.63) is 72.1 Å². The molecule has 0 radical (unpaired) electrons. The van der Waals surface area contributed by atoms with Gasteiger partial charge in [0.1, 0.15) is 6.33 Å². The molecule has 154 valence electrons. The molecule has 0 bridgehead atoms. The Kier molecular flexibility index (Phi) is 6.63. The van der Waals surface area contributed by atoms with Crippen molar-refractivity contribution in [1.29, 1.82) is 0 Å². The minimum absolute atomic E-state index is 0.0674. The Morgan fingerprint density at radius 2 is 1.77 bits per heavy atom. The number of hydrogen-bond donors (Lipinski definition) is 1. The van der Waals surface area contributed by atoms with Crippen molar-refractivity contribution in [1.82, 2.24) is 20.2 Å². The number of nitrogens with one attached hydrogen (secondary N) is 1. The Morgan fingerprint density at radius 1 is 1.07 bits per heavy atom. The molecule has 1 N–H and O–H groups in total. The van der Waals surface area contributed by atoms with Crippen LogP contribution in [0.15, 0.2) is 60.9 Å². The van der Waals surface area contributed by atoms with Crippen molar-refractivity contribution in [3.63, 3.8) is 0 Å². The maximum atomic E-state index is 12.8. The molecule has 0 aliphatic rings. The second-order valence-corrected chi connectivity index (χ2v) is 6.70. The molecule has 0 fully saturated rings. The Hall–Kier alpha value is -3.88. The fourth-order valence-electron chi connectivity index (χ4n) is 2.77. The number of anilines is 1. The molecule has 9 nitrogen and oxygen atoms in total. The largest absolute Gasteiger partial charge is 0.451 e. The summed E-state index contributed by atoms with van der Waals surface area (Å²) in [5, 5.41) is 13.6. The molecule has 1 amide bonds. The summed E-state index contributed by atoms with van der Waals surface area (Å²) in [6.45, 7) is 2.95. The fraction of sp³-hybridized carbons (Fsp3) is 0.238. The van der Waals surface area contributed by atoms with Crippen molar-refractivity contribution in [3.8, 4) is 0 Å². The van der Waals surface area contributed by atoms with Crippen LogP contribution < -0.4 is 5.32 Å². The predicted molar refractivity (Wildman–Crippen MR) is 108 cm³/mol. The van der Waals surface area contributed by atoms with Gasteiger partial charge in [-0.1, -0.05) is 30.3 Å². The summed E-state index contributed by atoms with van der Waals surface area (Å²) >= 11 is 0. The monoisotopic (exact) mass is 407 g/mol. The van der Waals surface area contributed by atoms with Crippen LogP contribution in [0.2, 0.25) is 0 Å². The van der Waals surface area contributed by atoms with Crippen LogP contribution in [-0.4, -0.2) is 44.0 Å². The molecule has 3 rings (SSSR count). The Morgan fingerprint density at radius 3 is 2.37 bits per heavy atom. The molecule has 1 aromatic heterocycles. The van der Waals surface area contributed by atoms with Crippen LogP contribution in [0.3, 0.4) is 0 Å². The third-order valence-corrected chi connectivity index (χ3v) is 4.45. The van der Waals surface area contributed by atoms with Crippen molar-refractivity contribution < 1.29 is 19.1 Å². The number of esters is 1. The molecule has 30 heavy (non-hydrogen) atoms. The molecule has 3 aromatic rings. The lowest BCUT2D eigenvalue weighted by molar-refractivity contribution is -0.156. The number of tetrazole rings is 1. The van der Waals surface area contributed by atoms with Gasteiger partial charge in [0.15, 0.2) is 17.9 Å². The number of ether oxygens (including phenoxy) is 1. The highest BCUT2D eigenvalue weighted by molar-refractivity contribution is 5.97. The molecule has 0 unspecified atom stereocenters. The average Bonchev–Trinajstić information content (AvgIpc) is 3.27. The van der Waals surface area contributed by atoms with Crippen molar-refractivity contribution >= 4 is 23.3 Å². The zero-order chi connectivity index (χ0) is 21.5. The maximum absolute atomic E-state index is 12.8. The van der Waals surface area contributed by atoms with E-state index in [0.717, 1.165) is 5.56 Å². The number of rotatable bonds is 8. The molecule has 0 saturated carbocycles. The van der Waals surface area contributed by atoms with E-state index in [4.69, 9.17) is 4.74 Å². The van der Waals surface area contributed by atoms with E-state index in [1.54, 1.807) is 24.3 Å². The van der Waals surface area contributed by atoms with Crippen LogP contribution in [0.4, 0.5) is 5.69 Å². The van der Waals surface area contributed by atoms with E-state index in [9.17, 15) is 14.4 Å². The quantitative estimate of drug-likeness (QED) is 0.449. The van der Waals surface area contributed by atoms with Gasteiger partial charge in [-0.15, -0.1) is 5.10 Å². The van der Waals surface area contributed by atoms with Gasteiger partial charge >= 0.3 is 5.97 Å². The summed E-state index contributed by atoms with van der Waals surface area (Å²) in [4.78, 5) is 36.5. The van der Waals surface area contributed by atoms with Crippen molar-refractivity contribution in [2.24, 2.45) is 0 Å².